The van der Waals surface area contributed by atoms with E-state index in [0.717, 1.165) is 13.0 Å². The molecule has 0 aliphatic carbocycles. The van der Waals surface area contributed by atoms with Crippen LogP contribution in [-0.4, -0.2) is 44.7 Å². The lowest BCUT2D eigenvalue weighted by Gasteiger charge is -2.32. The summed E-state index contributed by atoms with van der Waals surface area (Å²) in [5.41, 5.74) is 0.674. The van der Waals surface area contributed by atoms with Crippen molar-refractivity contribution >= 4 is 11.6 Å². The number of pyridine rings is 1. The van der Waals surface area contributed by atoms with Gasteiger partial charge in [-0.1, -0.05) is 6.42 Å². The van der Waals surface area contributed by atoms with Crippen LogP contribution in [0.4, 0.5) is 10.3 Å². The van der Waals surface area contributed by atoms with E-state index < -0.39 is 0 Å². The van der Waals surface area contributed by atoms with Crippen LogP contribution in [0.5, 0.6) is 0 Å². The van der Waals surface area contributed by atoms with Crippen LogP contribution >= 0.6 is 0 Å². The zero-order valence-electron chi connectivity index (χ0n) is 11.3. The number of halogens is 1. The molecule has 4 rings (SSSR count). The molecule has 2 saturated heterocycles. The average Bonchev–Trinajstić information content (AvgIpc) is 3.03. The first-order valence-electron chi connectivity index (χ1n) is 7.32. The summed E-state index contributed by atoms with van der Waals surface area (Å²) in [4.78, 5) is 6.98. The van der Waals surface area contributed by atoms with Gasteiger partial charge in [-0.2, -0.15) is 4.98 Å². The molecule has 0 aromatic carbocycles. The number of nitrogens with one attached hydrogen (secondary N) is 1. The standard InChI is InChI=1S/C14H18FN5/c15-10-4-5-13-17-14(18-20(13)9-10)16-11-6-8-19-7-2-1-3-12(11)19/h4-5,9,11-12H,1-3,6-8H2,(H,16,18). The molecule has 0 bridgehead atoms. The molecule has 6 heteroatoms. The molecular formula is C14H18FN5. The van der Waals surface area contributed by atoms with Crippen molar-refractivity contribution < 1.29 is 4.39 Å². The molecule has 0 spiro atoms. The van der Waals surface area contributed by atoms with Crippen LogP contribution in [0.25, 0.3) is 5.65 Å². The van der Waals surface area contributed by atoms with E-state index in [4.69, 9.17) is 0 Å². The van der Waals surface area contributed by atoms with Crippen LogP contribution in [0.15, 0.2) is 18.3 Å². The Kier molecular flexibility index (Phi) is 2.84. The van der Waals surface area contributed by atoms with Gasteiger partial charge in [-0.25, -0.2) is 8.91 Å². The van der Waals surface area contributed by atoms with Crippen molar-refractivity contribution in [3.05, 3.63) is 24.1 Å². The van der Waals surface area contributed by atoms with Crippen molar-refractivity contribution in [2.75, 3.05) is 18.4 Å². The van der Waals surface area contributed by atoms with Crippen LogP contribution in [-0.2, 0) is 0 Å². The lowest BCUT2D eigenvalue weighted by molar-refractivity contribution is 0.192. The van der Waals surface area contributed by atoms with Crippen molar-refractivity contribution in [3.8, 4) is 0 Å². The minimum atomic E-state index is -0.298. The molecule has 0 radical (unpaired) electrons. The third kappa shape index (κ3) is 2.04. The van der Waals surface area contributed by atoms with Gasteiger partial charge < -0.3 is 5.32 Å². The van der Waals surface area contributed by atoms with E-state index in [1.54, 1.807) is 6.07 Å². The van der Waals surface area contributed by atoms with Crippen molar-refractivity contribution in [2.45, 2.75) is 37.8 Å². The summed E-state index contributed by atoms with van der Waals surface area (Å²) >= 11 is 0. The van der Waals surface area contributed by atoms with Crippen molar-refractivity contribution in [2.24, 2.45) is 0 Å². The number of piperidine rings is 1. The van der Waals surface area contributed by atoms with E-state index in [1.165, 1.54) is 42.6 Å². The summed E-state index contributed by atoms with van der Waals surface area (Å²) in [6.07, 6.45) is 6.36. The molecule has 2 aromatic heterocycles. The van der Waals surface area contributed by atoms with Gasteiger partial charge in [0.1, 0.15) is 5.82 Å². The Hall–Kier alpha value is -1.69. The summed E-state index contributed by atoms with van der Waals surface area (Å²) < 4.78 is 14.6. The van der Waals surface area contributed by atoms with Gasteiger partial charge in [0.25, 0.3) is 0 Å². The minimum Gasteiger partial charge on any atom is -0.349 e. The van der Waals surface area contributed by atoms with Crippen molar-refractivity contribution in [1.29, 1.82) is 0 Å². The maximum Gasteiger partial charge on any atom is 0.243 e. The van der Waals surface area contributed by atoms with Crippen molar-refractivity contribution in [3.63, 3.8) is 0 Å². The fraction of sp³-hybridized carbons (Fsp3) is 0.571. The maximum atomic E-state index is 13.2. The highest BCUT2D eigenvalue weighted by Gasteiger charge is 2.35. The fourth-order valence-corrected chi connectivity index (χ4v) is 3.50. The number of nitrogens with zero attached hydrogens (tertiary/aromatic N) is 4. The number of aromatic nitrogens is 3. The molecule has 5 nitrogen and oxygen atoms in total. The van der Waals surface area contributed by atoms with E-state index in [2.05, 4.69) is 20.3 Å². The normalized spacial score (nSPS) is 26.9. The molecule has 4 heterocycles. The Morgan fingerprint density at radius 2 is 2.15 bits per heavy atom. The van der Waals surface area contributed by atoms with Gasteiger partial charge in [0.2, 0.25) is 5.95 Å². The van der Waals surface area contributed by atoms with Crippen LogP contribution in [0.1, 0.15) is 25.7 Å². The topological polar surface area (TPSA) is 45.5 Å². The van der Waals surface area contributed by atoms with E-state index in [0.29, 0.717) is 23.7 Å². The van der Waals surface area contributed by atoms with Gasteiger partial charge >= 0.3 is 0 Å². The Morgan fingerprint density at radius 1 is 1.20 bits per heavy atom. The first-order valence-corrected chi connectivity index (χ1v) is 7.32. The molecule has 0 amide bonds. The highest BCUT2D eigenvalue weighted by Crippen LogP contribution is 2.28. The molecule has 106 valence electrons. The Morgan fingerprint density at radius 3 is 3.10 bits per heavy atom. The van der Waals surface area contributed by atoms with Gasteiger partial charge in [0.15, 0.2) is 5.65 Å². The quantitative estimate of drug-likeness (QED) is 0.909. The highest BCUT2D eigenvalue weighted by atomic mass is 19.1. The molecule has 0 saturated carbocycles. The fourth-order valence-electron chi connectivity index (χ4n) is 3.50. The van der Waals surface area contributed by atoms with Crippen LogP contribution in [0.2, 0.25) is 0 Å². The van der Waals surface area contributed by atoms with Crippen LogP contribution in [0, 0.1) is 5.82 Å². The predicted octanol–water partition coefficient (Wildman–Crippen LogP) is 1.91. The van der Waals surface area contributed by atoms with E-state index in [1.807, 2.05) is 0 Å². The molecule has 1 N–H and O–H groups in total. The first kappa shape index (κ1) is 12.1. The largest absolute Gasteiger partial charge is 0.349 e. The van der Waals surface area contributed by atoms with Crippen LogP contribution < -0.4 is 5.32 Å². The van der Waals surface area contributed by atoms with Gasteiger partial charge in [-0.3, -0.25) is 4.90 Å². The second-order valence-corrected chi connectivity index (χ2v) is 5.72. The average molecular weight is 275 g/mol. The van der Waals surface area contributed by atoms with Gasteiger partial charge in [-0.15, -0.1) is 5.10 Å². The van der Waals surface area contributed by atoms with Crippen molar-refractivity contribution in [1.82, 2.24) is 19.5 Å². The number of hydrogen-bond donors (Lipinski definition) is 1. The predicted molar refractivity (Wildman–Crippen MR) is 74.2 cm³/mol. The third-order valence-electron chi connectivity index (χ3n) is 4.47. The maximum absolute atomic E-state index is 13.2. The molecule has 20 heavy (non-hydrogen) atoms. The second-order valence-electron chi connectivity index (χ2n) is 5.72. The van der Waals surface area contributed by atoms with Crippen LogP contribution in [0.3, 0.4) is 0 Å². The second kappa shape index (κ2) is 4.70. The van der Waals surface area contributed by atoms with Gasteiger partial charge in [0, 0.05) is 18.6 Å². The molecule has 2 aliphatic heterocycles. The molecular weight excluding hydrogens is 257 g/mol. The van der Waals surface area contributed by atoms with Gasteiger partial charge in [-0.05, 0) is 37.9 Å². The summed E-state index contributed by atoms with van der Waals surface area (Å²) in [5.74, 6) is 0.307. The lowest BCUT2D eigenvalue weighted by atomic mass is 9.99. The van der Waals surface area contributed by atoms with E-state index in [-0.39, 0.29) is 5.82 Å². The molecule has 2 fully saturated rings. The molecule has 2 unspecified atom stereocenters. The number of anilines is 1. The monoisotopic (exact) mass is 275 g/mol. The third-order valence-corrected chi connectivity index (χ3v) is 4.47. The summed E-state index contributed by atoms with van der Waals surface area (Å²) in [7, 11) is 0. The molecule has 2 aliphatic rings. The Bertz CT molecular complexity index is 625. The molecule has 2 atom stereocenters. The van der Waals surface area contributed by atoms with E-state index in [9.17, 15) is 4.39 Å². The number of fused-ring (bicyclic) bond motifs is 2. The molecule has 2 aromatic rings. The zero-order valence-corrected chi connectivity index (χ0v) is 11.3. The SMILES string of the molecule is Fc1ccc2nc(NC3CCN4CCCCC34)nn2c1. The summed E-state index contributed by atoms with van der Waals surface area (Å²) in [6.45, 7) is 2.37. The lowest BCUT2D eigenvalue weighted by Crippen LogP contribution is -2.41. The zero-order chi connectivity index (χ0) is 13.5. The first-order chi connectivity index (χ1) is 9.79. The Labute approximate surface area is 116 Å². The number of hydrogen-bond acceptors (Lipinski definition) is 4. The van der Waals surface area contributed by atoms with Gasteiger partial charge in [0.05, 0.1) is 6.20 Å². The highest BCUT2D eigenvalue weighted by molar-refractivity contribution is 5.43. The Balaban J connectivity index is 1.55. The number of rotatable bonds is 2. The minimum absolute atomic E-state index is 0.298. The summed E-state index contributed by atoms with van der Waals surface area (Å²) in [5, 5.41) is 7.75. The summed E-state index contributed by atoms with van der Waals surface area (Å²) in [6, 6.07) is 4.08. The smallest absolute Gasteiger partial charge is 0.243 e. The van der Waals surface area contributed by atoms with E-state index >= 15 is 0 Å².